The minimum absolute atomic E-state index is 0.127. The van der Waals surface area contributed by atoms with Gasteiger partial charge in [-0.3, -0.25) is 4.79 Å². The molecule has 0 radical (unpaired) electrons. The van der Waals surface area contributed by atoms with Crippen molar-refractivity contribution in [3.05, 3.63) is 34.4 Å². The minimum Gasteiger partial charge on any atom is -0.478 e. The third kappa shape index (κ3) is 3.84. The molecule has 1 aromatic rings. The van der Waals surface area contributed by atoms with Gasteiger partial charge in [0, 0.05) is 13.1 Å². The minimum atomic E-state index is -1.04. The van der Waals surface area contributed by atoms with E-state index >= 15 is 0 Å². The number of carbonyl (C=O) groups excluding carboxylic acids is 1. The zero-order valence-corrected chi connectivity index (χ0v) is 13.6. The van der Waals surface area contributed by atoms with Gasteiger partial charge in [-0.2, -0.15) is 0 Å². The van der Waals surface area contributed by atoms with E-state index in [9.17, 15) is 14.7 Å². The van der Waals surface area contributed by atoms with Gasteiger partial charge in [0.25, 0.3) is 5.91 Å². The van der Waals surface area contributed by atoms with Crippen LogP contribution in [-0.2, 0) is 0 Å². The largest absolute Gasteiger partial charge is 0.478 e. The average Bonchev–Trinajstić information content (AvgIpc) is 2.45. The summed E-state index contributed by atoms with van der Waals surface area (Å²) >= 11 is 0. The number of carboxylic acid groups (broad SMARTS) is 1. The number of carbonyl (C=O) groups is 2. The molecule has 4 heteroatoms. The van der Waals surface area contributed by atoms with Crippen LogP contribution in [0.5, 0.6) is 0 Å². The lowest BCUT2D eigenvalue weighted by molar-refractivity contribution is 0.0670. The predicted octanol–water partition coefficient (Wildman–Crippen LogP) is 3.51. The van der Waals surface area contributed by atoms with E-state index in [1.165, 1.54) is 0 Å². The number of rotatable bonds is 6. The third-order valence-electron chi connectivity index (χ3n) is 3.95. The Hall–Kier alpha value is -1.84. The van der Waals surface area contributed by atoms with Gasteiger partial charge in [-0.05, 0) is 37.8 Å². The second kappa shape index (κ2) is 7.25. The molecular weight excluding hydrogens is 266 g/mol. The van der Waals surface area contributed by atoms with Crippen LogP contribution in [0.3, 0.4) is 0 Å². The molecule has 1 N–H and O–H groups in total. The number of aromatic carboxylic acids is 1. The van der Waals surface area contributed by atoms with Crippen molar-refractivity contribution in [3.63, 3.8) is 0 Å². The number of nitrogens with zero attached hydrogens (tertiary/aromatic N) is 1. The first-order valence-electron chi connectivity index (χ1n) is 7.46. The van der Waals surface area contributed by atoms with Crippen LogP contribution in [0.15, 0.2) is 12.1 Å². The number of amides is 1. The first-order valence-corrected chi connectivity index (χ1v) is 7.46. The standard InChI is InChI=1S/C17H25NO3/c1-6-11(3)10-18(7-2)16(19)14-12(4)8-9-13(5)15(14)17(20)21/h8-9,11H,6-7,10H2,1-5H3,(H,20,21). The van der Waals surface area contributed by atoms with E-state index in [0.29, 0.717) is 35.7 Å². The Morgan fingerprint density at radius 2 is 1.67 bits per heavy atom. The van der Waals surface area contributed by atoms with Crippen LogP contribution in [0.2, 0.25) is 0 Å². The highest BCUT2D eigenvalue weighted by Gasteiger charge is 2.25. The van der Waals surface area contributed by atoms with Gasteiger partial charge < -0.3 is 10.0 Å². The molecule has 116 valence electrons. The van der Waals surface area contributed by atoms with E-state index < -0.39 is 5.97 Å². The quantitative estimate of drug-likeness (QED) is 0.872. The van der Waals surface area contributed by atoms with Crippen molar-refractivity contribution in [1.82, 2.24) is 4.90 Å². The lowest BCUT2D eigenvalue weighted by Crippen LogP contribution is -2.36. The maximum atomic E-state index is 12.8. The first-order chi connectivity index (χ1) is 9.83. The fraction of sp³-hybridized carbons (Fsp3) is 0.529. The van der Waals surface area contributed by atoms with Gasteiger partial charge in [0.1, 0.15) is 0 Å². The fourth-order valence-corrected chi connectivity index (χ4v) is 2.38. The van der Waals surface area contributed by atoms with E-state index in [-0.39, 0.29) is 11.5 Å². The molecule has 0 bridgehead atoms. The summed E-state index contributed by atoms with van der Waals surface area (Å²) < 4.78 is 0. The molecule has 1 aromatic carbocycles. The molecule has 0 spiro atoms. The summed E-state index contributed by atoms with van der Waals surface area (Å²) in [5.41, 5.74) is 1.79. The van der Waals surface area contributed by atoms with Crippen LogP contribution in [0, 0.1) is 19.8 Å². The van der Waals surface area contributed by atoms with Gasteiger partial charge >= 0.3 is 5.97 Å². The van der Waals surface area contributed by atoms with Crippen LogP contribution in [-0.4, -0.2) is 35.0 Å². The number of hydrogen-bond donors (Lipinski definition) is 1. The summed E-state index contributed by atoms with van der Waals surface area (Å²) in [4.78, 5) is 26.0. The van der Waals surface area contributed by atoms with Crippen molar-refractivity contribution < 1.29 is 14.7 Å². The molecule has 1 rings (SSSR count). The number of aryl methyl sites for hydroxylation is 2. The Labute approximate surface area is 126 Å². The third-order valence-corrected chi connectivity index (χ3v) is 3.95. The molecule has 0 fully saturated rings. The van der Waals surface area contributed by atoms with Crippen LogP contribution < -0.4 is 0 Å². The summed E-state index contributed by atoms with van der Waals surface area (Å²) in [7, 11) is 0. The smallest absolute Gasteiger partial charge is 0.336 e. The Balaban J connectivity index is 3.28. The summed E-state index contributed by atoms with van der Waals surface area (Å²) in [6.45, 7) is 10.8. The predicted molar refractivity (Wildman–Crippen MR) is 83.9 cm³/mol. The molecule has 0 aliphatic heterocycles. The van der Waals surface area contributed by atoms with Crippen LogP contribution in [0.1, 0.15) is 59.0 Å². The highest BCUT2D eigenvalue weighted by Crippen LogP contribution is 2.21. The highest BCUT2D eigenvalue weighted by molar-refractivity contribution is 6.06. The number of hydrogen-bond acceptors (Lipinski definition) is 2. The molecule has 0 heterocycles. The number of benzene rings is 1. The van der Waals surface area contributed by atoms with Crippen molar-refractivity contribution in [1.29, 1.82) is 0 Å². The van der Waals surface area contributed by atoms with Crippen molar-refractivity contribution in [2.45, 2.75) is 41.0 Å². The Bertz CT molecular complexity index is 537. The molecule has 0 aromatic heterocycles. The molecule has 0 aliphatic rings. The van der Waals surface area contributed by atoms with Gasteiger partial charge in [-0.25, -0.2) is 4.79 Å². The van der Waals surface area contributed by atoms with E-state index in [1.807, 2.05) is 13.0 Å². The molecule has 21 heavy (non-hydrogen) atoms. The van der Waals surface area contributed by atoms with Crippen molar-refractivity contribution >= 4 is 11.9 Å². The molecule has 0 saturated carbocycles. The second-order valence-corrected chi connectivity index (χ2v) is 5.61. The summed E-state index contributed by atoms with van der Waals surface area (Å²) in [6.07, 6.45) is 0.988. The van der Waals surface area contributed by atoms with Gasteiger partial charge in [0.2, 0.25) is 0 Å². The fourth-order valence-electron chi connectivity index (χ4n) is 2.38. The van der Waals surface area contributed by atoms with Gasteiger partial charge in [-0.1, -0.05) is 32.4 Å². The van der Waals surface area contributed by atoms with E-state index in [1.54, 1.807) is 24.8 Å². The normalized spacial score (nSPS) is 12.0. The second-order valence-electron chi connectivity index (χ2n) is 5.61. The van der Waals surface area contributed by atoms with E-state index in [2.05, 4.69) is 13.8 Å². The number of carboxylic acids is 1. The molecule has 0 aliphatic carbocycles. The SMILES string of the molecule is CCC(C)CN(CC)C(=O)c1c(C)ccc(C)c1C(=O)O. The summed E-state index contributed by atoms with van der Waals surface area (Å²) in [6, 6.07) is 3.56. The van der Waals surface area contributed by atoms with Crippen LogP contribution >= 0.6 is 0 Å². The summed E-state index contributed by atoms with van der Waals surface area (Å²) in [5.74, 6) is -0.831. The van der Waals surface area contributed by atoms with Gasteiger partial charge in [0.15, 0.2) is 0 Å². The summed E-state index contributed by atoms with van der Waals surface area (Å²) in [5, 5.41) is 9.43. The lowest BCUT2D eigenvalue weighted by atomic mass is 9.95. The maximum Gasteiger partial charge on any atom is 0.336 e. The van der Waals surface area contributed by atoms with Gasteiger partial charge in [0.05, 0.1) is 11.1 Å². The maximum absolute atomic E-state index is 12.8. The van der Waals surface area contributed by atoms with Crippen molar-refractivity contribution in [2.75, 3.05) is 13.1 Å². The first kappa shape index (κ1) is 17.2. The Morgan fingerprint density at radius 1 is 1.14 bits per heavy atom. The van der Waals surface area contributed by atoms with Crippen molar-refractivity contribution in [3.8, 4) is 0 Å². The molecule has 0 saturated heterocycles. The average molecular weight is 291 g/mol. The topological polar surface area (TPSA) is 57.6 Å². The molecular formula is C17H25NO3. The van der Waals surface area contributed by atoms with Crippen molar-refractivity contribution in [2.24, 2.45) is 5.92 Å². The Morgan fingerprint density at radius 3 is 2.10 bits per heavy atom. The van der Waals surface area contributed by atoms with Crippen LogP contribution in [0.25, 0.3) is 0 Å². The highest BCUT2D eigenvalue weighted by atomic mass is 16.4. The van der Waals surface area contributed by atoms with Gasteiger partial charge in [-0.15, -0.1) is 0 Å². The monoisotopic (exact) mass is 291 g/mol. The Kier molecular flexibility index (Phi) is 5.94. The molecule has 1 atom stereocenters. The van der Waals surface area contributed by atoms with E-state index in [4.69, 9.17) is 0 Å². The zero-order valence-electron chi connectivity index (χ0n) is 13.6. The lowest BCUT2D eigenvalue weighted by Gasteiger charge is -2.26. The zero-order chi connectivity index (χ0) is 16.2. The van der Waals surface area contributed by atoms with E-state index in [0.717, 1.165) is 6.42 Å². The molecule has 1 amide bonds. The molecule has 1 unspecified atom stereocenters. The molecule has 4 nitrogen and oxygen atoms in total. The van der Waals surface area contributed by atoms with Crippen LogP contribution in [0.4, 0.5) is 0 Å².